The molecule has 0 spiro atoms. The highest BCUT2D eigenvalue weighted by molar-refractivity contribution is 5.81. The molecule has 1 aromatic carbocycles. The molecule has 18 heavy (non-hydrogen) atoms. The zero-order valence-electron chi connectivity index (χ0n) is 10.5. The van der Waals surface area contributed by atoms with E-state index in [0.717, 1.165) is 18.1 Å². The molecule has 0 bridgehead atoms. The second-order valence-corrected chi connectivity index (χ2v) is 3.77. The van der Waals surface area contributed by atoms with Crippen molar-refractivity contribution >= 4 is 5.97 Å². The monoisotopic (exact) mass is 250 g/mol. The first-order valence-corrected chi connectivity index (χ1v) is 5.82. The highest BCUT2D eigenvalue weighted by Crippen LogP contribution is 2.07. The Kier molecular flexibility index (Phi) is 6.11. The highest BCUT2D eigenvalue weighted by atomic mass is 16.6. The number of ether oxygens (including phenoxy) is 2. The minimum absolute atomic E-state index is 0.197. The van der Waals surface area contributed by atoms with E-state index in [1.807, 2.05) is 24.3 Å². The van der Waals surface area contributed by atoms with Crippen molar-refractivity contribution in [3.63, 3.8) is 0 Å². The van der Waals surface area contributed by atoms with Crippen molar-refractivity contribution in [2.75, 3.05) is 6.61 Å². The number of carbonyl (C=O) groups is 1. The Morgan fingerprint density at radius 1 is 1.39 bits per heavy atom. The van der Waals surface area contributed by atoms with Crippen LogP contribution in [0.15, 0.2) is 36.9 Å². The molecule has 0 radical (unpaired) electrons. The number of carbonyl (C=O) groups excluding carboxylic acids is 1. The van der Waals surface area contributed by atoms with Crippen LogP contribution in [0.4, 0.5) is 0 Å². The summed E-state index contributed by atoms with van der Waals surface area (Å²) >= 11 is 0. The normalized spacial score (nSPS) is 11.9. The van der Waals surface area contributed by atoms with Crippen molar-refractivity contribution < 1.29 is 19.4 Å². The molecule has 1 rings (SSSR count). The first kappa shape index (κ1) is 14.4. The molecule has 4 nitrogen and oxygen atoms in total. The van der Waals surface area contributed by atoms with Gasteiger partial charge in [0.15, 0.2) is 6.29 Å². The van der Waals surface area contributed by atoms with Gasteiger partial charge < -0.3 is 14.6 Å². The highest BCUT2D eigenvalue weighted by Gasteiger charge is 2.07. The van der Waals surface area contributed by atoms with Gasteiger partial charge in [-0.25, -0.2) is 4.79 Å². The van der Waals surface area contributed by atoms with Gasteiger partial charge in [-0.2, -0.15) is 0 Å². The van der Waals surface area contributed by atoms with Crippen LogP contribution in [0.3, 0.4) is 0 Å². The van der Waals surface area contributed by atoms with Crippen molar-refractivity contribution in [1.82, 2.24) is 0 Å². The Morgan fingerprint density at radius 3 is 2.56 bits per heavy atom. The van der Waals surface area contributed by atoms with Crippen LogP contribution in [0.5, 0.6) is 0 Å². The van der Waals surface area contributed by atoms with Gasteiger partial charge in [0.05, 0.1) is 6.61 Å². The fourth-order valence-corrected chi connectivity index (χ4v) is 1.32. The second-order valence-electron chi connectivity index (χ2n) is 3.77. The Labute approximate surface area is 107 Å². The number of aliphatic hydroxyl groups is 1. The summed E-state index contributed by atoms with van der Waals surface area (Å²) in [5.41, 5.74) is 2.21. The third-order valence-electron chi connectivity index (χ3n) is 2.41. The van der Waals surface area contributed by atoms with Crippen LogP contribution in [0, 0.1) is 0 Å². The van der Waals surface area contributed by atoms with E-state index < -0.39 is 12.3 Å². The average Bonchev–Trinajstić information content (AvgIpc) is 2.42. The average molecular weight is 250 g/mol. The molecule has 4 heteroatoms. The Balaban J connectivity index is 2.30. The van der Waals surface area contributed by atoms with Gasteiger partial charge in [0.25, 0.3) is 0 Å². The quantitative estimate of drug-likeness (QED) is 0.455. The van der Waals surface area contributed by atoms with E-state index in [4.69, 9.17) is 4.74 Å². The van der Waals surface area contributed by atoms with E-state index in [0.29, 0.717) is 0 Å². The first-order chi connectivity index (χ1) is 8.65. The smallest absolute Gasteiger partial charge is 0.330 e. The molecule has 0 aliphatic heterocycles. The summed E-state index contributed by atoms with van der Waals surface area (Å²) in [6.45, 7) is 5.42. The topological polar surface area (TPSA) is 55.8 Å². The van der Waals surface area contributed by atoms with E-state index in [2.05, 4.69) is 18.2 Å². The fourth-order valence-electron chi connectivity index (χ4n) is 1.32. The molecule has 1 aromatic rings. The molecule has 0 aromatic heterocycles. The van der Waals surface area contributed by atoms with Crippen LogP contribution in [0.25, 0.3) is 0 Å². The summed E-state index contributed by atoms with van der Waals surface area (Å²) in [6.07, 6.45) is 0.900. The van der Waals surface area contributed by atoms with Crippen molar-refractivity contribution in [3.05, 3.63) is 48.0 Å². The largest absolute Gasteiger partial charge is 0.457 e. The number of hydrogen-bond acceptors (Lipinski definition) is 4. The lowest BCUT2D eigenvalue weighted by molar-refractivity contribution is -0.164. The second kappa shape index (κ2) is 7.63. The van der Waals surface area contributed by atoms with Crippen LogP contribution < -0.4 is 0 Å². The fraction of sp³-hybridized carbons (Fsp3) is 0.357. The van der Waals surface area contributed by atoms with Crippen LogP contribution >= 0.6 is 0 Å². The molecular formula is C14H18O4. The third kappa shape index (κ3) is 5.12. The van der Waals surface area contributed by atoms with E-state index in [9.17, 15) is 9.90 Å². The number of rotatable bonds is 7. The zero-order chi connectivity index (χ0) is 13.4. The number of hydrogen-bond donors (Lipinski definition) is 1. The molecule has 1 unspecified atom stereocenters. The molecule has 0 fully saturated rings. The standard InChI is InChI=1S/C14H18O4/c1-3-11-5-7-12(8-6-11)9-17-14(16)10-18-13(15)4-2/h4-8,14,16H,2-3,9-10H2,1H3. The van der Waals surface area contributed by atoms with Crippen molar-refractivity contribution in [3.8, 4) is 0 Å². The SMILES string of the molecule is C=CC(=O)OCC(O)OCc1ccc(CC)cc1. The molecule has 1 atom stereocenters. The number of aryl methyl sites for hydroxylation is 1. The van der Waals surface area contributed by atoms with Crippen molar-refractivity contribution in [2.24, 2.45) is 0 Å². The van der Waals surface area contributed by atoms with Crippen molar-refractivity contribution in [2.45, 2.75) is 26.2 Å². The van der Waals surface area contributed by atoms with Crippen molar-refractivity contribution in [1.29, 1.82) is 0 Å². The van der Waals surface area contributed by atoms with Crippen LogP contribution in [-0.4, -0.2) is 24.0 Å². The maximum Gasteiger partial charge on any atom is 0.330 e. The van der Waals surface area contributed by atoms with Crippen LogP contribution in [-0.2, 0) is 27.3 Å². The molecule has 0 amide bonds. The Morgan fingerprint density at radius 2 is 2.00 bits per heavy atom. The number of benzene rings is 1. The summed E-state index contributed by atoms with van der Waals surface area (Å²) in [6, 6.07) is 7.92. The Bertz CT molecular complexity index is 383. The van der Waals surface area contributed by atoms with Gasteiger partial charge >= 0.3 is 5.97 Å². The Hall–Kier alpha value is -1.65. The minimum Gasteiger partial charge on any atom is -0.457 e. The van der Waals surface area contributed by atoms with Crippen LogP contribution in [0.1, 0.15) is 18.1 Å². The summed E-state index contributed by atoms with van der Waals surface area (Å²) in [7, 11) is 0. The summed E-state index contributed by atoms with van der Waals surface area (Å²) in [5.74, 6) is -0.579. The van der Waals surface area contributed by atoms with Gasteiger partial charge in [0.2, 0.25) is 0 Å². The van der Waals surface area contributed by atoms with E-state index in [1.165, 1.54) is 5.56 Å². The van der Waals surface area contributed by atoms with Gasteiger partial charge in [0.1, 0.15) is 6.61 Å². The lowest BCUT2D eigenvalue weighted by atomic mass is 10.1. The van der Waals surface area contributed by atoms with E-state index in [-0.39, 0.29) is 13.2 Å². The lowest BCUT2D eigenvalue weighted by Gasteiger charge is -2.12. The molecule has 0 aliphatic rings. The first-order valence-electron chi connectivity index (χ1n) is 5.82. The number of aliphatic hydroxyl groups excluding tert-OH is 1. The molecule has 0 saturated carbocycles. The molecule has 0 aliphatic carbocycles. The maximum absolute atomic E-state index is 10.8. The summed E-state index contributed by atoms with van der Waals surface area (Å²) < 4.78 is 9.79. The van der Waals surface area contributed by atoms with Gasteiger partial charge in [-0.1, -0.05) is 37.8 Å². The van der Waals surface area contributed by atoms with Crippen LogP contribution in [0.2, 0.25) is 0 Å². The van der Waals surface area contributed by atoms with E-state index in [1.54, 1.807) is 0 Å². The van der Waals surface area contributed by atoms with Gasteiger partial charge in [0, 0.05) is 6.08 Å². The zero-order valence-corrected chi connectivity index (χ0v) is 10.5. The summed E-state index contributed by atoms with van der Waals surface area (Å²) in [4.78, 5) is 10.8. The number of esters is 1. The van der Waals surface area contributed by atoms with Gasteiger partial charge in [-0.05, 0) is 17.5 Å². The molecule has 0 heterocycles. The summed E-state index contributed by atoms with van der Waals surface area (Å²) in [5, 5.41) is 9.42. The predicted octanol–water partition coefficient (Wildman–Crippen LogP) is 1.81. The minimum atomic E-state index is -1.13. The van der Waals surface area contributed by atoms with E-state index >= 15 is 0 Å². The lowest BCUT2D eigenvalue weighted by Crippen LogP contribution is -2.20. The molecular weight excluding hydrogens is 232 g/mol. The third-order valence-corrected chi connectivity index (χ3v) is 2.41. The van der Waals surface area contributed by atoms with Gasteiger partial charge in [-0.15, -0.1) is 0 Å². The van der Waals surface area contributed by atoms with Gasteiger partial charge in [-0.3, -0.25) is 0 Å². The molecule has 98 valence electrons. The maximum atomic E-state index is 10.8. The molecule has 1 N–H and O–H groups in total. The molecule has 0 saturated heterocycles. The predicted molar refractivity (Wildman–Crippen MR) is 67.8 cm³/mol.